The first kappa shape index (κ1) is 36.9. The van der Waals surface area contributed by atoms with Crippen LogP contribution in [-0.2, 0) is 25.8 Å². The van der Waals surface area contributed by atoms with Crippen LogP contribution >= 0.6 is 11.3 Å². The van der Waals surface area contributed by atoms with Gasteiger partial charge in [0.2, 0.25) is 5.91 Å². The summed E-state index contributed by atoms with van der Waals surface area (Å²) in [5.41, 5.74) is 4.61. The maximum Gasteiger partial charge on any atom is 0.310 e. The second-order valence-electron chi connectivity index (χ2n) is 13.2. The molecule has 2 fully saturated rings. The molecule has 3 heterocycles. The molecule has 2 amide bonds. The summed E-state index contributed by atoms with van der Waals surface area (Å²) in [6.45, 7) is 8.73. The zero-order valence-corrected chi connectivity index (χ0v) is 30.3. The number of hydrogen-bond donors (Lipinski definition) is 2. The minimum absolute atomic E-state index is 0.0486. The summed E-state index contributed by atoms with van der Waals surface area (Å²) in [7, 11) is -3.49. The Bertz CT molecular complexity index is 1880. The minimum Gasteiger partial charge on any atom is -0.481 e. The van der Waals surface area contributed by atoms with E-state index in [1.165, 1.54) is 54.7 Å². The molecule has 0 radical (unpaired) electrons. The van der Waals surface area contributed by atoms with Crippen molar-refractivity contribution < 1.29 is 27.9 Å². The topological polar surface area (TPSA) is 147 Å². The smallest absolute Gasteiger partial charge is 0.310 e. The van der Waals surface area contributed by atoms with Gasteiger partial charge in [0, 0.05) is 49.3 Å². The molecule has 0 unspecified atom stereocenters. The fourth-order valence-corrected chi connectivity index (χ4v) is 8.22. The van der Waals surface area contributed by atoms with Crippen molar-refractivity contribution in [1.82, 2.24) is 20.2 Å². The third kappa shape index (κ3) is 9.02. The number of carboxylic acids is 1. The highest BCUT2D eigenvalue weighted by atomic mass is 32.2. The number of likely N-dealkylation sites (tertiary alicyclic amines) is 1. The van der Waals surface area contributed by atoms with Gasteiger partial charge in [-0.1, -0.05) is 68.0 Å². The first-order valence-electron chi connectivity index (χ1n) is 16.9. The molecular weight excluding hydrogens is 673 g/mol. The number of amides is 2. The molecule has 1 saturated heterocycles. The number of rotatable bonds is 13. The number of carbonyl (C=O) groups excluding carboxylic acids is 2. The summed E-state index contributed by atoms with van der Waals surface area (Å²) in [5, 5.41) is 12.0. The molecule has 1 aromatic carbocycles. The molecule has 2 N–H and O–H groups in total. The van der Waals surface area contributed by atoms with Crippen molar-refractivity contribution in [2.24, 2.45) is 17.8 Å². The van der Waals surface area contributed by atoms with E-state index in [1.807, 2.05) is 37.3 Å². The van der Waals surface area contributed by atoms with Crippen LogP contribution in [0.3, 0.4) is 0 Å². The molecule has 50 heavy (non-hydrogen) atoms. The van der Waals surface area contributed by atoms with Gasteiger partial charge < -0.3 is 15.3 Å². The van der Waals surface area contributed by atoms with Crippen molar-refractivity contribution in [3.8, 4) is 11.4 Å². The molecule has 5 rings (SSSR count). The Morgan fingerprint density at radius 2 is 1.68 bits per heavy atom. The van der Waals surface area contributed by atoms with Gasteiger partial charge in [0.15, 0.2) is 15.7 Å². The first-order valence-corrected chi connectivity index (χ1v) is 19.6. The number of carbonyl (C=O) groups is 3. The maximum absolute atomic E-state index is 13.4. The van der Waals surface area contributed by atoms with Gasteiger partial charge in [-0.2, -0.15) is 0 Å². The molecule has 2 aliphatic rings. The van der Waals surface area contributed by atoms with Crippen LogP contribution in [0.1, 0.15) is 66.8 Å². The number of sulfone groups is 1. The Balaban J connectivity index is 1.24. The van der Waals surface area contributed by atoms with E-state index in [0.29, 0.717) is 11.7 Å². The molecule has 1 aliphatic carbocycles. The van der Waals surface area contributed by atoms with Gasteiger partial charge in [0.25, 0.3) is 5.91 Å². The highest BCUT2D eigenvalue weighted by Crippen LogP contribution is 2.35. The molecule has 3 aromatic rings. The Hall–Kier alpha value is -4.42. The lowest BCUT2D eigenvalue weighted by atomic mass is 9.78. The number of aromatic nitrogens is 2. The van der Waals surface area contributed by atoms with Crippen molar-refractivity contribution in [3.05, 3.63) is 95.2 Å². The van der Waals surface area contributed by atoms with E-state index in [9.17, 15) is 27.9 Å². The lowest BCUT2D eigenvalue weighted by Crippen LogP contribution is -2.59. The number of hydrogen-bond acceptors (Lipinski definition) is 8. The average Bonchev–Trinajstić information content (AvgIpc) is 3.60. The third-order valence-corrected chi connectivity index (χ3v) is 12.6. The van der Waals surface area contributed by atoms with Crippen molar-refractivity contribution >= 4 is 44.5 Å². The van der Waals surface area contributed by atoms with Crippen LogP contribution in [0, 0.1) is 17.8 Å². The second kappa shape index (κ2) is 16.1. The monoisotopic (exact) mass is 716 g/mol. The van der Waals surface area contributed by atoms with Crippen LogP contribution in [0.15, 0.2) is 83.4 Å². The van der Waals surface area contributed by atoms with Gasteiger partial charge in [-0.15, -0.1) is 11.3 Å². The Labute approximate surface area is 298 Å². The Kier molecular flexibility index (Phi) is 11.8. The van der Waals surface area contributed by atoms with Crippen LogP contribution < -0.4 is 5.32 Å². The lowest BCUT2D eigenvalue weighted by Gasteiger charge is -2.38. The highest BCUT2D eigenvalue weighted by Gasteiger charge is 2.39. The van der Waals surface area contributed by atoms with Gasteiger partial charge in [0.05, 0.1) is 10.8 Å². The fourth-order valence-electron chi connectivity index (χ4n) is 6.39. The Morgan fingerprint density at radius 1 is 1.02 bits per heavy atom. The van der Waals surface area contributed by atoms with Crippen LogP contribution in [-0.4, -0.2) is 71.6 Å². The zero-order valence-electron chi connectivity index (χ0n) is 28.7. The molecule has 264 valence electrons. The van der Waals surface area contributed by atoms with Crippen molar-refractivity contribution in [2.75, 3.05) is 19.3 Å². The predicted molar refractivity (Wildman–Crippen MR) is 195 cm³/mol. The SMILES string of the molecule is C=C(/C=C\C(=C/C)c1cnc(-c2ccc(C[C@H](NC(=O)c3ccc(S(C)(=O)=O)s3)C(=O)N3CC(C(=O)O)C3)cc2)nc1)C1CCC(CC)CC1. The van der Waals surface area contributed by atoms with E-state index < -0.39 is 39.6 Å². The number of benzene rings is 1. The van der Waals surface area contributed by atoms with Crippen LogP contribution in [0.25, 0.3) is 17.0 Å². The zero-order chi connectivity index (χ0) is 36.0. The van der Waals surface area contributed by atoms with E-state index in [0.717, 1.165) is 45.8 Å². The fraction of sp³-hybridized carbons (Fsp3) is 0.395. The Morgan fingerprint density at radius 3 is 2.24 bits per heavy atom. The van der Waals surface area contributed by atoms with E-state index >= 15 is 0 Å². The molecule has 12 heteroatoms. The molecular formula is C38H44N4O6S2. The number of nitrogens with one attached hydrogen (secondary N) is 1. The molecule has 1 aliphatic heterocycles. The van der Waals surface area contributed by atoms with Crippen LogP contribution in [0.5, 0.6) is 0 Å². The molecule has 1 saturated carbocycles. The molecule has 0 bridgehead atoms. The van der Waals surface area contributed by atoms with Gasteiger partial charge in [-0.3, -0.25) is 14.4 Å². The molecule has 2 aromatic heterocycles. The molecule has 1 atom stereocenters. The van der Waals surface area contributed by atoms with Gasteiger partial charge >= 0.3 is 5.97 Å². The number of nitrogens with zero attached hydrogens (tertiary/aromatic N) is 3. The maximum atomic E-state index is 13.4. The highest BCUT2D eigenvalue weighted by molar-refractivity contribution is 7.92. The summed E-state index contributed by atoms with van der Waals surface area (Å²) in [6.07, 6.45) is 17.2. The van der Waals surface area contributed by atoms with E-state index in [2.05, 4.69) is 40.9 Å². The minimum atomic E-state index is -3.49. The summed E-state index contributed by atoms with van der Waals surface area (Å²) >= 11 is 0.827. The average molecular weight is 717 g/mol. The van der Waals surface area contributed by atoms with E-state index in [-0.39, 0.29) is 28.6 Å². The predicted octanol–water partition coefficient (Wildman–Crippen LogP) is 6.22. The van der Waals surface area contributed by atoms with Crippen molar-refractivity contribution in [2.45, 2.75) is 62.6 Å². The summed E-state index contributed by atoms with van der Waals surface area (Å²) in [4.78, 5) is 48.6. The molecule has 10 nitrogen and oxygen atoms in total. The summed E-state index contributed by atoms with van der Waals surface area (Å²) in [5.74, 6) is -0.686. The van der Waals surface area contributed by atoms with E-state index in [1.54, 1.807) is 12.4 Å². The first-order chi connectivity index (χ1) is 23.9. The largest absolute Gasteiger partial charge is 0.481 e. The number of allylic oxidation sites excluding steroid dienone is 5. The normalized spacial score (nSPS) is 19.2. The summed E-state index contributed by atoms with van der Waals surface area (Å²) < 4.78 is 23.9. The standard InChI is InChI=1S/C38H44N4O6S2/c1-5-25-8-13-28(14-9-25)24(3)7-12-27(6-2)30-20-39-35(40-21-30)29-15-10-26(11-16-29)19-32(37(44)42-22-31(23-42)38(45)46)41-36(43)33-17-18-34(49-33)50(4,47)48/h6-7,10-12,15-18,20-21,25,28,31-32H,3,5,8-9,13-14,19,22-23H2,1-2,4H3,(H,41,43)(H,45,46)/b12-7-,27-6+/t25?,28?,32-/m0/s1. The quantitative estimate of drug-likeness (QED) is 0.198. The molecule has 0 spiro atoms. The third-order valence-electron chi connectivity index (χ3n) is 9.69. The summed E-state index contributed by atoms with van der Waals surface area (Å²) in [6, 6.07) is 9.15. The van der Waals surface area contributed by atoms with Gasteiger partial charge in [-0.25, -0.2) is 18.4 Å². The van der Waals surface area contributed by atoms with E-state index in [4.69, 9.17) is 0 Å². The van der Waals surface area contributed by atoms with Crippen molar-refractivity contribution in [3.63, 3.8) is 0 Å². The van der Waals surface area contributed by atoms with Crippen molar-refractivity contribution in [1.29, 1.82) is 0 Å². The number of aliphatic carboxylic acids is 1. The van der Waals surface area contributed by atoms with Crippen LogP contribution in [0.4, 0.5) is 0 Å². The van der Waals surface area contributed by atoms with Gasteiger partial charge in [-0.05, 0) is 67.7 Å². The number of thiophene rings is 1. The van der Waals surface area contributed by atoms with Gasteiger partial charge in [0.1, 0.15) is 10.3 Å². The second-order valence-corrected chi connectivity index (χ2v) is 16.5. The number of carboxylic acid groups (broad SMARTS) is 1. The lowest BCUT2D eigenvalue weighted by molar-refractivity contribution is -0.153. The van der Waals surface area contributed by atoms with Crippen LogP contribution in [0.2, 0.25) is 0 Å².